The van der Waals surface area contributed by atoms with Crippen LogP contribution < -0.4 is 9.47 Å². The number of fused-ring (bicyclic) bond motifs is 1. The summed E-state index contributed by atoms with van der Waals surface area (Å²) in [4.78, 5) is 37.4. The number of carbonyl (C=O) groups excluding carboxylic acids is 3. The van der Waals surface area contributed by atoms with Gasteiger partial charge in [0.15, 0.2) is 11.2 Å². The first kappa shape index (κ1) is 26.1. The second-order valence-electron chi connectivity index (χ2n) is 8.60. The van der Waals surface area contributed by atoms with E-state index in [-0.39, 0.29) is 46.1 Å². The Morgan fingerprint density at radius 2 is 1.72 bits per heavy atom. The zero-order valence-electron chi connectivity index (χ0n) is 18.5. The van der Waals surface area contributed by atoms with E-state index < -0.39 is 58.7 Å². The maximum Gasteiger partial charge on any atom is 0.431 e. The zero-order chi connectivity index (χ0) is 26.5. The van der Waals surface area contributed by atoms with Crippen LogP contribution in [0.4, 0.5) is 17.6 Å². The van der Waals surface area contributed by atoms with Crippen molar-refractivity contribution in [3.8, 4) is 11.5 Å². The second-order valence-corrected chi connectivity index (χ2v) is 10.1. The Hall–Kier alpha value is -2.94. The molecule has 0 spiro atoms. The smallest absolute Gasteiger partial charge is 0.431 e. The fourth-order valence-electron chi connectivity index (χ4n) is 4.22. The van der Waals surface area contributed by atoms with Crippen LogP contribution in [0.1, 0.15) is 72.1 Å². The lowest BCUT2D eigenvalue weighted by molar-refractivity contribution is -0.164. The molecule has 198 valence electrons. The van der Waals surface area contributed by atoms with Gasteiger partial charge in [0.2, 0.25) is 11.5 Å². The molecule has 1 saturated carbocycles. The van der Waals surface area contributed by atoms with Crippen LogP contribution in [-0.4, -0.2) is 48.7 Å². The van der Waals surface area contributed by atoms with Gasteiger partial charge >= 0.3 is 39.2 Å². The van der Waals surface area contributed by atoms with Crippen LogP contribution in [-0.2, 0) is 19.6 Å². The summed E-state index contributed by atoms with van der Waals surface area (Å²) in [5.41, 5.74) is -0.998. The summed E-state index contributed by atoms with van der Waals surface area (Å²) in [7, 11) is -6.34. The number of alkyl halides is 4. The summed E-state index contributed by atoms with van der Waals surface area (Å²) in [6.07, 6.45) is 1.25. The van der Waals surface area contributed by atoms with Crippen molar-refractivity contribution in [1.82, 2.24) is 0 Å². The summed E-state index contributed by atoms with van der Waals surface area (Å²) >= 11 is 0. The maximum atomic E-state index is 13.5. The number of esters is 3. The van der Waals surface area contributed by atoms with Crippen LogP contribution in [0.3, 0.4) is 0 Å². The van der Waals surface area contributed by atoms with Crippen molar-refractivity contribution in [1.29, 1.82) is 0 Å². The van der Waals surface area contributed by atoms with Crippen molar-refractivity contribution >= 4 is 39.2 Å². The molecule has 0 amide bonds. The van der Waals surface area contributed by atoms with E-state index in [0.717, 1.165) is 19.3 Å². The van der Waals surface area contributed by atoms with Crippen LogP contribution in [0.25, 0.3) is 11.2 Å². The first-order valence-corrected chi connectivity index (χ1v) is 12.5. The summed E-state index contributed by atoms with van der Waals surface area (Å²) in [6.45, 7) is -0.561. The quantitative estimate of drug-likeness (QED) is 0.152. The van der Waals surface area contributed by atoms with Crippen molar-refractivity contribution < 1.29 is 63.5 Å². The monoisotopic (exact) mass is 540 g/mol. The lowest BCUT2D eigenvalue weighted by Crippen LogP contribution is -2.46. The molecular weight excluding hydrogens is 520 g/mol. The second kappa shape index (κ2) is 9.18. The Morgan fingerprint density at radius 3 is 2.36 bits per heavy atom. The van der Waals surface area contributed by atoms with Crippen molar-refractivity contribution in [2.45, 2.75) is 62.5 Å². The molecule has 2 bridgehead atoms. The third kappa shape index (κ3) is 4.38. The molecule has 0 saturated heterocycles. The molecule has 3 heterocycles. The molecule has 1 aliphatic carbocycles. The zero-order valence-corrected chi connectivity index (χ0v) is 19.3. The summed E-state index contributed by atoms with van der Waals surface area (Å²) < 4.78 is 104. The van der Waals surface area contributed by atoms with Gasteiger partial charge in [-0.1, -0.05) is 19.3 Å². The van der Waals surface area contributed by atoms with E-state index in [4.69, 9.17) is 23.2 Å². The Labute approximate surface area is 200 Å². The Kier molecular flexibility index (Phi) is 6.66. The highest BCUT2D eigenvalue weighted by Crippen LogP contribution is 2.52. The van der Waals surface area contributed by atoms with Gasteiger partial charge in [-0.2, -0.15) is 26.0 Å². The largest absolute Gasteiger partial charge is 0.462 e. The van der Waals surface area contributed by atoms with Crippen LogP contribution in [0.5, 0.6) is 11.5 Å². The topological polar surface area (TPSA) is 146 Å². The predicted octanol–water partition coefficient (Wildman–Crippen LogP) is 4.33. The van der Waals surface area contributed by atoms with E-state index in [1.165, 1.54) is 0 Å². The number of carbonyl (C=O) groups is 3. The molecule has 2 aromatic rings. The molecule has 1 N–H and O–H groups in total. The van der Waals surface area contributed by atoms with Crippen molar-refractivity contribution in [2.75, 3.05) is 6.61 Å². The molecule has 0 atom stereocenters. The minimum Gasteiger partial charge on any atom is -0.462 e. The van der Waals surface area contributed by atoms with Crippen molar-refractivity contribution in [2.24, 2.45) is 5.92 Å². The minimum atomic E-state index is -6.34. The van der Waals surface area contributed by atoms with E-state index in [1.54, 1.807) is 0 Å². The average molecular weight is 540 g/mol. The van der Waals surface area contributed by atoms with Gasteiger partial charge in [-0.25, -0.2) is 9.59 Å². The predicted molar refractivity (Wildman–Crippen MR) is 110 cm³/mol. The number of furan rings is 2. The van der Waals surface area contributed by atoms with E-state index in [2.05, 4.69) is 0 Å². The van der Waals surface area contributed by atoms with Crippen LogP contribution in [0, 0.1) is 5.92 Å². The fraction of sp³-hybridized carbons (Fsp3) is 0.571. The third-order valence-electron chi connectivity index (χ3n) is 6.14. The molecular formula is C21H20F4O10S. The first-order chi connectivity index (χ1) is 16.8. The van der Waals surface area contributed by atoms with Crippen molar-refractivity contribution in [3.63, 3.8) is 0 Å². The molecule has 4 rings (SSSR count). The highest BCUT2D eigenvalue weighted by Gasteiger charge is 2.64. The molecule has 1 fully saturated rings. The van der Waals surface area contributed by atoms with Gasteiger partial charge in [0.05, 0.1) is 12.5 Å². The molecule has 0 aromatic carbocycles. The standard InChI is InChI=1S/C21H20F4O10S/c22-20(23,21(24,25)36(29,30)31)8-4-5-9-32-18(27)11-12-14-16(35-19(12)28)15(13(11)33-14)34-17(26)10-6-2-1-3-7-10/h10H,1-9H2,(H,29,30,31). The number of rotatable bonds is 10. The molecule has 0 radical (unpaired) electrons. The molecule has 10 nitrogen and oxygen atoms in total. The van der Waals surface area contributed by atoms with E-state index in [9.17, 15) is 40.4 Å². The Balaban J connectivity index is 1.39. The van der Waals surface area contributed by atoms with Gasteiger partial charge in [-0.15, -0.1) is 0 Å². The number of ether oxygens (including phenoxy) is 3. The van der Waals surface area contributed by atoms with Crippen molar-refractivity contribution in [3.05, 3.63) is 11.1 Å². The first-order valence-electron chi connectivity index (χ1n) is 11.0. The van der Waals surface area contributed by atoms with Gasteiger partial charge in [0.1, 0.15) is 11.1 Å². The number of benzene rings is 1. The van der Waals surface area contributed by atoms with Gasteiger partial charge in [-0.05, 0) is 25.7 Å². The number of hydrogen-bond donors (Lipinski definition) is 1. The van der Waals surface area contributed by atoms with Gasteiger partial charge in [0.25, 0.3) is 0 Å². The van der Waals surface area contributed by atoms with E-state index in [0.29, 0.717) is 12.8 Å². The van der Waals surface area contributed by atoms with E-state index in [1.807, 2.05) is 0 Å². The van der Waals surface area contributed by atoms with Crippen LogP contribution in [0.15, 0.2) is 4.42 Å². The molecule has 1 aliphatic heterocycles. The highest BCUT2D eigenvalue weighted by atomic mass is 32.2. The minimum absolute atomic E-state index is 0.111. The average Bonchev–Trinajstić information content (AvgIpc) is 3.42. The normalized spacial score (nSPS) is 17.0. The summed E-state index contributed by atoms with van der Waals surface area (Å²) in [5.74, 6) is -8.44. The maximum absolute atomic E-state index is 13.5. The third-order valence-corrected chi connectivity index (χ3v) is 7.09. The van der Waals surface area contributed by atoms with E-state index >= 15 is 0 Å². The molecule has 15 heteroatoms. The lowest BCUT2D eigenvalue weighted by atomic mass is 9.89. The summed E-state index contributed by atoms with van der Waals surface area (Å²) in [6, 6.07) is 0. The SMILES string of the molecule is O=C1Oc2c(OC(=O)C3CCCCC3)c3oc2c1c3C(=O)OCCCCC(F)(F)C(F)(F)S(=O)(=O)O. The molecule has 0 unspecified atom stereocenters. The highest BCUT2D eigenvalue weighted by molar-refractivity contribution is 7.87. The molecule has 36 heavy (non-hydrogen) atoms. The molecule has 2 aromatic heterocycles. The van der Waals surface area contributed by atoms with Gasteiger partial charge in [0, 0.05) is 6.42 Å². The number of halogens is 4. The number of unbranched alkanes of at least 4 members (excludes halogenated alkanes) is 1. The summed E-state index contributed by atoms with van der Waals surface area (Å²) in [5, 5.41) is -5.68. The van der Waals surface area contributed by atoms with Gasteiger partial charge in [-0.3, -0.25) is 9.35 Å². The number of hydrogen-bond acceptors (Lipinski definition) is 9. The van der Waals surface area contributed by atoms with Gasteiger partial charge < -0.3 is 18.6 Å². The van der Waals surface area contributed by atoms with Crippen LogP contribution in [0.2, 0.25) is 0 Å². The Morgan fingerprint density at radius 1 is 1.06 bits per heavy atom. The fourth-order valence-corrected chi connectivity index (χ4v) is 4.70. The lowest BCUT2D eigenvalue weighted by Gasteiger charge is -2.23. The Bertz CT molecular complexity index is 1290. The van der Waals surface area contributed by atoms with Crippen LogP contribution >= 0.6 is 0 Å². The molecule has 2 aliphatic rings.